The summed E-state index contributed by atoms with van der Waals surface area (Å²) in [4.78, 5) is 2.22. The van der Waals surface area contributed by atoms with Crippen molar-refractivity contribution in [2.75, 3.05) is 18.0 Å². The van der Waals surface area contributed by atoms with Gasteiger partial charge in [-0.3, -0.25) is 0 Å². The monoisotopic (exact) mass is 526 g/mol. The van der Waals surface area contributed by atoms with Crippen molar-refractivity contribution in [2.45, 2.75) is 32.6 Å². The number of anilines is 1. The Balaban J connectivity index is 0.000000257. The van der Waals surface area contributed by atoms with Crippen molar-refractivity contribution in [3.63, 3.8) is 0 Å². The molecule has 0 aliphatic heterocycles. The van der Waals surface area contributed by atoms with Gasteiger partial charge in [-0.1, -0.05) is 48.0 Å². The second-order valence-corrected chi connectivity index (χ2v) is 10.8. The zero-order chi connectivity index (χ0) is 27.4. The number of pyridine rings is 1. The van der Waals surface area contributed by atoms with E-state index in [-0.39, 0.29) is 4.90 Å². The first-order chi connectivity index (χ1) is 18.2. The molecule has 0 aliphatic carbocycles. The highest BCUT2D eigenvalue weighted by atomic mass is 32.2. The van der Waals surface area contributed by atoms with Gasteiger partial charge in [0, 0.05) is 36.5 Å². The lowest BCUT2D eigenvalue weighted by Gasteiger charge is -2.22. The van der Waals surface area contributed by atoms with Crippen LogP contribution in [0.2, 0.25) is 0 Å². The summed E-state index contributed by atoms with van der Waals surface area (Å²) in [5.74, 6) is 0. The molecule has 0 unspecified atom stereocenters. The van der Waals surface area contributed by atoms with E-state index in [0.29, 0.717) is 0 Å². The van der Waals surface area contributed by atoms with Gasteiger partial charge in [0.15, 0.2) is 0 Å². The average Bonchev–Trinajstić information content (AvgIpc) is 2.91. The van der Waals surface area contributed by atoms with Crippen LogP contribution in [0.4, 0.5) is 5.69 Å². The molecule has 0 radical (unpaired) electrons. The van der Waals surface area contributed by atoms with E-state index in [9.17, 15) is 13.0 Å². The maximum Gasteiger partial charge on any atom is 0.213 e. The molecular weight excluding hydrogens is 492 g/mol. The van der Waals surface area contributed by atoms with Crippen molar-refractivity contribution in [3.8, 4) is 11.1 Å². The van der Waals surface area contributed by atoms with E-state index >= 15 is 0 Å². The third-order valence-corrected chi connectivity index (χ3v) is 7.84. The first kappa shape index (κ1) is 27.3. The molecule has 196 valence electrons. The number of aryl methyl sites for hydroxylation is 3. The summed E-state index contributed by atoms with van der Waals surface area (Å²) >= 11 is 0. The highest BCUT2D eigenvalue weighted by Gasteiger charge is 2.19. The van der Waals surface area contributed by atoms with E-state index in [0.717, 1.165) is 18.7 Å². The molecule has 0 spiro atoms. The van der Waals surface area contributed by atoms with E-state index in [1.165, 1.54) is 56.3 Å². The molecule has 0 bridgehead atoms. The maximum atomic E-state index is 10.4. The highest BCUT2D eigenvalue weighted by molar-refractivity contribution is 7.85. The lowest BCUT2D eigenvalue weighted by Crippen LogP contribution is -2.30. The molecule has 6 heteroatoms. The van der Waals surface area contributed by atoms with Gasteiger partial charge in [-0.2, -0.15) is 4.57 Å². The fraction of sp³-hybridized carbons (Fsp3) is 0.219. The van der Waals surface area contributed by atoms with Crippen LogP contribution >= 0.6 is 0 Å². The Morgan fingerprint density at radius 2 is 1.29 bits per heavy atom. The van der Waals surface area contributed by atoms with Crippen LogP contribution < -0.4 is 9.47 Å². The minimum atomic E-state index is -4.27. The molecule has 0 fully saturated rings. The second kappa shape index (κ2) is 11.3. The average molecular weight is 527 g/mol. The molecule has 1 heterocycles. The normalized spacial score (nSPS) is 11.3. The minimum Gasteiger partial charge on any atom is -0.744 e. The lowest BCUT2D eigenvalue weighted by molar-refractivity contribution is -0.617. The Labute approximate surface area is 225 Å². The SMILES string of the molecule is CCN(CC)c1ccc(-c2c3ccccc3[n+](C)c3ccccc23)c(C)c1.Cc1ccc(S(=O)(=O)[O-])cc1. The lowest BCUT2D eigenvalue weighted by atomic mass is 9.92. The smallest absolute Gasteiger partial charge is 0.213 e. The first-order valence-electron chi connectivity index (χ1n) is 12.8. The van der Waals surface area contributed by atoms with Gasteiger partial charge in [0.2, 0.25) is 11.0 Å². The predicted molar refractivity (Wildman–Crippen MR) is 156 cm³/mol. The zero-order valence-electron chi connectivity index (χ0n) is 22.6. The predicted octanol–water partition coefficient (Wildman–Crippen LogP) is 6.54. The number of benzene rings is 4. The molecule has 0 aliphatic rings. The van der Waals surface area contributed by atoms with Crippen LogP contribution in [0.1, 0.15) is 25.0 Å². The van der Waals surface area contributed by atoms with Crippen LogP contribution in [-0.2, 0) is 17.2 Å². The van der Waals surface area contributed by atoms with Crippen molar-refractivity contribution in [2.24, 2.45) is 7.05 Å². The molecule has 5 aromatic rings. The van der Waals surface area contributed by atoms with Gasteiger partial charge in [0.1, 0.15) is 17.2 Å². The maximum absolute atomic E-state index is 10.4. The Morgan fingerprint density at radius 3 is 1.76 bits per heavy atom. The Kier molecular flexibility index (Phi) is 8.14. The summed E-state index contributed by atoms with van der Waals surface area (Å²) in [7, 11) is -2.11. The van der Waals surface area contributed by atoms with Gasteiger partial charge in [-0.05, 0) is 75.2 Å². The summed E-state index contributed by atoms with van der Waals surface area (Å²) in [5.41, 5.74) is 8.73. The van der Waals surface area contributed by atoms with Gasteiger partial charge < -0.3 is 9.45 Å². The van der Waals surface area contributed by atoms with Crippen LogP contribution in [0, 0.1) is 13.8 Å². The zero-order valence-corrected chi connectivity index (χ0v) is 23.4. The van der Waals surface area contributed by atoms with E-state index in [4.69, 9.17) is 0 Å². The molecule has 38 heavy (non-hydrogen) atoms. The van der Waals surface area contributed by atoms with Crippen molar-refractivity contribution in [1.82, 2.24) is 0 Å². The minimum absolute atomic E-state index is 0.178. The second-order valence-electron chi connectivity index (χ2n) is 9.41. The molecule has 5 rings (SSSR count). The van der Waals surface area contributed by atoms with Crippen LogP contribution in [0.25, 0.3) is 32.9 Å². The molecule has 0 atom stereocenters. The highest BCUT2D eigenvalue weighted by Crippen LogP contribution is 2.36. The topological polar surface area (TPSA) is 64.3 Å². The third kappa shape index (κ3) is 5.57. The molecule has 0 saturated heterocycles. The standard InChI is InChI=1S/C25H27N2.C7H8O3S/c1-5-27(6-2)19-15-16-20(18(3)17-19)25-21-11-7-9-13-23(21)26(4)24-14-10-8-12-22(24)25;1-6-2-4-7(5-3-6)11(8,9)10/h7-17H,5-6H2,1-4H3;2-5H,1H3,(H,8,9,10)/q+1;/p-1. The Hall–Kier alpha value is -3.74. The van der Waals surface area contributed by atoms with Gasteiger partial charge in [-0.25, -0.2) is 8.42 Å². The van der Waals surface area contributed by atoms with Crippen LogP contribution in [0.5, 0.6) is 0 Å². The molecule has 0 N–H and O–H groups in total. The molecule has 1 aromatic heterocycles. The van der Waals surface area contributed by atoms with E-state index in [1.54, 1.807) is 12.1 Å². The summed E-state index contributed by atoms with van der Waals surface area (Å²) in [6.07, 6.45) is 0. The third-order valence-electron chi connectivity index (χ3n) is 6.99. The first-order valence-corrected chi connectivity index (χ1v) is 14.2. The Bertz CT molecular complexity index is 1630. The number of aromatic nitrogens is 1. The van der Waals surface area contributed by atoms with E-state index in [1.807, 2.05) is 6.92 Å². The Morgan fingerprint density at radius 1 is 0.763 bits per heavy atom. The van der Waals surface area contributed by atoms with E-state index < -0.39 is 10.1 Å². The number of hydrogen-bond acceptors (Lipinski definition) is 4. The largest absolute Gasteiger partial charge is 0.744 e. The van der Waals surface area contributed by atoms with Crippen molar-refractivity contribution in [3.05, 3.63) is 102 Å². The van der Waals surface area contributed by atoms with Gasteiger partial charge in [0.05, 0.1) is 15.7 Å². The molecule has 0 saturated carbocycles. The van der Waals surface area contributed by atoms with Gasteiger partial charge in [-0.15, -0.1) is 0 Å². The summed E-state index contributed by atoms with van der Waals surface area (Å²) in [5, 5.41) is 2.61. The number of hydrogen-bond donors (Lipinski definition) is 0. The number of rotatable bonds is 5. The molecule has 4 aromatic carbocycles. The van der Waals surface area contributed by atoms with E-state index in [2.05, 4.69) is 104 Å². The summed E-state index contributed by atoms with van der Waals surface area (Å²) < 4.78 is 33.5. The number of para-hydroxylation sites is 2. The van der Waals surface area contributed by atoms with Crippen molar-refractivity contribution >= 4 is 37.6 Å². The van der Waals surface area contributed by atoms with Crippen LogP contribution in [0.3, 0.4) is 0 Å². The fourth-order valence-corrected chi connectivity index (χ4v) is 5.41. The van der Waals surface area contributed by atoms with Crippen LogP contribution in [-0.4, -0.2) is 26.1 Å². The molecule has 0 amide bonds. The summed E-state index contributed by atoms with van der Waals surface area (Å²) in [6, 6.07) is 30.1. The summed E-state index contributed by atoms with van der Waals surface area (Å²) in [6.45, 7) is 10.5. The van der Waals surface area contributed by atoms with Crippen molar-refractivity contribution in [1.29, 1.82) is 0 Å². The quantitative estimate of drug-likeness (QED) is 0.148. The fourth-order valence-electron chi connectivity index (χ4n) is 4.94. The van der Waals surface area contributed by atoms with Gasteiger partial charge >= 0.3 is 0 Å². The van der Waals surface area contributed by atoms with Crippen molar-refractivity contribution < 1.29 is 17.5 Å². The van der Waals surface area contributed by atoms with Gasteiger partial charge in [0.25, 0.3) is 0 Å². The molecule has 5 nitrogen and oxygen atoms in total. The molecular formula is C32H34N2O3S. The number of nitrogens with zero attached hydrogens (tertiary/aromatic N) is 2. The number of fused-ring (bicyclic) bond motifs is 2. The van der Waals surface area contributed by atoms with Crippen LogP contribution in [0.15, 0.2) is 95.9 Å².